The van der Waals surface area contributed by atoms with Crippen LogP contribution in [0.15, 0.2) is 41.3 Å². The SMILES string of the molecule is CCn1c(C)nc2cc(NC(=O)c3cccn(CC(=O)N(C)C)c3=O)ccc21. The number of hydrogen-bond donors (Lipinski definition) is 1. The van der Waals surface area contributed by atoms with E-state index in [1.165, 1.54) is 21.7 Å². The lowest BCUT2D eigenvalue weighted by molar-refractivity contribution is -0.129. The molecule has 1 N–H and O–H groups in total. The Hall–Kier alpha value is -3.42. The Labute approximate surface area is 162 Å². The Morgan fingerprint density at radius 2 is 1.96 bits per heavy atom. The predicted molar refractivity (Wildman–Crippen MR) is 107 cm³/mol. The Balaban J connectivity index is 1.86. The summed E-state index contributed by atoms with van der Waals surface area (Å²) in [6.07, 6.45) is 1.49. The first-order valence-corrected chi connectivity index (χ1v) is 8.99. The van der Waals surface area contributed by atoms with Crippen molar-refractivity contribution in [2.45, 2.75) is 26.9 Å². The average molecular weight is 381 g/mol. The van der Waals surface area contributed by atoms with Crippen molar-refractivity contribution < 1.29 is 9.59 Å². The van der Waals surface area contributed by atoms with Crippen molar-refractivity contribution in [1.29, 1.82) is 0 Å². The number of pyridine rings is 1. The summed E-state index contributed by atoms with van der Waals surface area (Å²) in [6, 6.07) is 8.49. The van der Waals surface area contributed by atoms with Crippen molar-refractivity contribution in [3.8, 4) is 0 Å². The highest BCUT2D eigenvalue weighted by Gasteiger charge is 2.15. The van der Waals surface area contributed by atoms with Crippen molar-refractivity contribution in [3.63, 3.8) is 0 Å². The van der Waals surface area contributed by atoms with E-state index in [4.69, 9.17) is 0 Å². The summed E-state index contributed by atoms with van der Waals surface area (Å²) in [5.74, 6) is 0.145. The molecule has 0 saturated carbocycles. The molecule has 3 aromatic rings. The molecule has 2 aromatic heterocycles. The summed E-state index contributed by atoms with van der Waals surface area (Å²) >= 11 is 0. The maximum Gasteiger partial charge on any atom is 0.263 e. The lowest BCUT2D eigenvalue weighted by Gasteiger charge is -2.12. The average Bonchev–Trinajstić information content (AvgIpc) is 2.97. The Morgan fingerprint density at radius 3 is 2.64 bits per heavy atom. The molecule has 0 aliphatic heterocycles. The molecule has 0 aliphatic rings. The normalized spacial score (nSPS) is 10.9. The van der Waals surface area contributed by atoms with Crippen LogP contribution in [0.2, 0.25) is 0 Å². The number of nitrogens with zero attached hydrogens (tertiary/aromatic N) is 4. The van der Waals surface area contributed by atoms with Crippen LogP contribution in [0.4, 0.5) is 5.69 Å². The van der Waals surface area contributed by atoms with Gasteiger partial charge in [0, 0.05) is 32.5 Å². The number of nitrogens with one attached hydrogen (secondary N) is 1. The number of aromatic nitrogens is 3. The van der Waals surface area contributed by atoms with Crippen molar-refractivity contribution in [1.82, 2.24) is 19.0 Å². The van der Waals surface area contributed by atoms with Crippen LogP contribution < -0.4 is 10.9 Å². The molecule has 0 saturated heterocycles. The molecule has 0 unspecified atom stereocenters. The lowest BCUT2D eigenvalue weighted by atomic mass is 10.2. The Kier molecular flexibility index (Phi) is 5.30. The second-order valence-electron chi connectivity index (χ2n) is 6.70. The molecule has 0 aliphatic carbocycles. The van der Waals surface area contributed by atoms with Gasteiger partial charge in [-0.3, -0.25) is 14.4 Å². The van der Waals surface area contributed by atoms with E-state index in [0.29, 0.717) is 5.69 Å². The van der Waals surface area contributed by atoms with Crippen LogP contribution in [0.5, 0.6) is 0 Å². The molecule has 146 valence electrons. The molecule has 0 fully saturated rings. The van der Waals surface area contributed by atoms with E-state index >= 15 is 0 Å². The maximum absolute atomic E-state index is 12.6. The van der Waals surface area contributed by atoms with E-state index in [-0.39, 0.29) is 18.0 Å². The van der Waals surface area contributed by atoms with Gasteiger partial charge < -0.3 is 19.4 Å². The van der Waals surface area contributed by atoms with Crippen LogP contribution >= 0.6 is 0 Å². The first-order chi connectivity index (χ1) is 13.3. The van der Waals surface area contributed by atoms with Gasteiger partial charge in [-0.1, -0.05) is 0 Å². The van der Waals surface area contributed by atoms with Gasteiger partial charge in [-0.25, -0.2) is 4.98 Å². The van der Waals surface area contributed by atoms with Crippen molar-refractivity contribution in [3.05, 3.63) is 58.3 Å². The highest BCUT2D eigenvalue weighted by atomic mass is 16.2. The van der Waals surface area contributed by atoms with E-state index < -0.39 is 11.5 Å². The number of benzene rings is 1. The zero-order chi connectivity index (χ0) is 20.4. The molecule has 2 amide bonds. The van der Waals surface area contributed by atoms with Gasteiger partial charge in [-0.05, 0) is 44.2 Å². The summed E-state index contributed by atoms with van der Waals surface area (Å²) in [5, 5.41) is 2.74. The molecule has 0 radical (unpaired) electrons. The van der Waals surface area contributed by atoms with Gasteiger partial charge in [0.25, 0.3) is 11.5 Å². The number of aryl methyl sites for hydroxylation is 2. The van der Waals surface area contributed by atoms with Crippen LogP contribution in [-0.2, 0) is 17.9 Å². The molecular weight excluding hydrogens is 358 g/mol. The Morgan fingerprint density at radius 1 is 1.21 bits per heavy atom. The number of carbonyl (C=O) groups excluding carboxylic acids is 2. The van der Waals surface area contributed by atoms with Gasteiger partial charge in [0.05, 0.1) is 11.0 Å². The van der Waals surface area contributed by atoms with E-state index in [9.17, 15) is 14.4 Å². The largest absolute Gasteiger partial charge is 0.347 e. The molecule has 0 bridgehead atoms. The third-order valence-electron chi connectivity index (χ3n) is 4.58. The summed E-state index contributed by atoms with van der Waals surface area (Å²) in [4.78, 5) is 43.0. The third kappa shape index (κ3) is 3.66. The number of rotatable bonds is 5. The van der Waals surface area contributed by atoms with Gasteiger partial charge in [0.15, 0.2) is 0 Å². The zero-order valence-electron chi connectivity index (χ0n) is 16.4. The molecule has 2 heterocycles. The molecule has 28 heavy (non-hydrogen) atoms. The van der Waals surface area contributed by atoms with Crippen LogP contribution in [0.3, 0.4) is 0 Å². The number of amides is 2. The van der Waals surface area contributed by atoms with Gasteiger partial charge >= 0.3 is 0 Å². The molecule has 8 nitrogen and oxygen atoms in total. The van der Waals surface area contributed by atoms with E-state index in [1.54, 1.807) is 32.3 Å². The predicted octanol–water partition coefficient (Wildman–Crippen LogP) is 1.87. The highest BCUT2D eigenvalue weighted by molar-refractivity contribution is 6.04. The number of imidazole rings is 1. The number of likely N-dealkylation sites (N-methyl/N-ethyl adjacent to an activating group) is 1. The molecule has 0 atom stereocenters. The topological polar surface area (TPSA) is 89.2 Å². The van der Waals surface area contributed by atoms with Gasteiger partial charge in [0.2, 0.25) is 5.91 Å². The first-order valence-electron chi connectivity index (χ1n) is 8.99. The minimum atomic E-state index is -0.525. The number of hydrogen-bond acceptors (Lipinski definition) is 4. The zero-order valence-corrected chi connectivity index (χ0v) is 16.4. The van der Waals surface area contributed by atoms with Gasteiger partial charge in [0.1, 0.15) is 17.9 Å². The molecule has 8 heteroatoms. The Bertz CT molecular complexity index is 1110. The van der Waals surface area contributed by atoms with Crippen LogP contribution in [-0.4, -0.2) is 44.9 Å². The fourth-order valence-corrected chi connectivity index (χ4v) is 3.05. The highest BCUT2D eigenvalue weighted by Crippen LogP contribution is 2.20. The smallest absolute Gasteiger partial charge is 0.263 e. The second kappa shape index (κ2) is 7.67. The lowest BCUT2D eigenvalue weighted by Crippen LogP contribution is -2.34. The standard InChI is InChI=1S/C20H23N5O3/c1-5-25-13(2)21-16-11-14(8-9-17(16)25)22-19(27)15-7-6-10-24(20(15)28)12-18(26)23(3)4/h6-11H,5,12H2,1-4H3,(H,22,27). The van der Waals surface area contributed by atoms with Gasteiger partial charge in [-0.15, -0.1) is 0 Å². The molecule has 1 aromatic carbocycles. The van der Waals surface area contributed by atoms with E-state index in [1.807, 2.05) is 19.9 Å². The van der Waals surface area contributed by atoms with Crippen molar-refractivity contribution in [2.24, 2.45) is 0 Å². The van der Waals surface area contributed by atoms with E-state index in [0.717, 1.165) is 23.4 Å². The summed E-state index contributed by atoms with van der Waals surface area (Å²) in [7, 11) is 3.23. The van der Waals surface area contributed by atoms with Crippen molar-refractivity contribution >= 4 is 28.5 Å². The van der Waals surface area contributed by atoms with Crippen LogP contribution in [0, 0.1) is 6.92 Å². The third-order valence-corrected chi connectivity index (χ3v) is 4.58. The van der Waals surface area contributed by atoms with Crippen molar-refractivity contribution in [2.75, 3.05) is 19.4 Å². The second-order valence-corrected chi connectivity index (χ2v) is 6.70. The van der Waals surface area contributed by atoms with Crippen LogP contribution in [0.1, 0.15) is 23.1 Å². The summed E-state index contributed by atoms with van der Waals surface area (Å²) in [6.45, 7) is 4.67. The van der Waals surface area contributed by atoms with Crippen LogP contribution in [0.25, 0.3) is 11.0 Å². The fourth-order valence-electron chi connectivity index (χ4n) is 3.05. The number of fused-ring (bicyclic) bond motifs is 1. The summed E-state index contributed by atoms with van der Waals surface area (Å²) in [5.41, 5.74) is 1.78. The monoisotopic (exact) mass is 381 g/mol. The molecule has 3 rings (SSSR count). The molecular formula is C20H23N5O3. The minimum absolute atomic E-state index is 0.0237. The maximum atomic E-state index is 12.6. The quantitative estimate of drug-likeness (QED) is 0.731. The van der Waals surface area contributed by atoms with E-state index in [2.05, 4.69) is 14.9 Å². The first kappa shape index (κ1) is 19.3. The fraction of sp³-hybridized carbons (Fsp3) is 0.300. The summed E-state index contributed by atoms with van der Waals surface area (Å²) < 4.78 is 3.31. The molecule has 0 spiro atoms. The number of carbonyl (C=O) groups is 2. The minimum Gasteiger partial charge on any atom is -0.347 e. The number of anilines is 1. The van der Waals surface area contributed by atoms with Gasteiger partial charge in [-0.2, -0.15) is 0 Å².